The number of benzene rings is 3. The summed E-state index contributed by atoms with van der Waals surface area (Å²) in [5.74, 6) is 0.506. The quantitative estimate of drug-likeness (QED) is 0.307. The Hall–Kier alpha value is -3.49. The Kier molecular flexibility index (Phi) is 7.96. The average Bonchev–Trinajstić information content (AvgIpc) is 3.39. The third kappa shape index (κ3) is 6.45. The Balaban J connectivity index is 1.27. The minimum atomic E-state index is -0.234. The third-order valence-corrected chi connectivity index (χ3v) is 7.44. The molecular formula is C28H27ClFN5OS. The van der Waals surface area contributed by atoms with Crippen LogP contribution in [0, 0.1) is 5.82 Å². The van der Waals surface area contributed by atoms with E-state index in [0.29, 0.717) is 60.8 Å². The first-order valence-corrected chi connectivity index (χ1v) is 13.3. The van der Waals surface area contributed by atoms with E-state index in [0.717, 1.165) is 11.1 Å². The maximum absolute atomic E-state index is 14.2. The van der Waals surface area contributed by atoms with Gasteiger partial charge in [-0.1, -0.05) is 66.2 Å². The molecule has 0 unspecified atom stereocenters. The molecule has 0 spiro atoms. The van der Waals surface area contributed by atoms with Crippen LogP contribution in [0.3, 0.4) is 0 Å². The molecular weight excluding hydrogens is 509 g/mol. The van der Waals surface area contributed by atoms with Gasteiger partial charge in [-0.05, 0) is 35.4 Å². The largest absolute Gasteiger partial charge is 0.366 e. The minimum Gasteiger partial charge on any atom is -0.366 e. The summed E-state index contributed by atoms with van der Waals surface area (Å²) < 4.78 is 18.8. The SMILES string of the molecule is O=C(CN(Cc1ccccc1)c1nc(Cc2ccc(Cl)cc2)ns1)N1CCN(c2ccccc2F)CC1. The molecule has 1 aliphatic heterocycles. The van der Waals surface area contributed by atoms with Gasteiger partial charge in [0.05, 0.1) is 12.2 Å². The van der Waals surface area contributed by atoms with Gasteiger partial charge in [-0.2, -0.15) is 4.37 Å². The minimum absolute atomic E-state index is 0.0264. The van der Waals surface area contributed by atoms with E-state index in [1.54, 1.807) is 12.1 Å². The zero-order valence-corrected chi connectivity index (χ0v) is 21.8. The van der Waals surface area contributed by atoms with Gasteiger partial charge in [-0.25, -0.2) is 9.37 Å². The maximum Gasteiger partial charge on any atom is 0.242 e. The van der Waals surface area contributed by atoms with Crippen molar-refractivity contribution < 1.29 is 9.18 Å². The van der Waals surface area contributed by atoms with E-state index in [-0.39, 0.29) is 18.3 Å². The lowest BCUT2D eigenvalue weighted by Crippen LogP contribution is -2.51. The Morgan fingerprint density at radius 2 is 1.62 bits per heavy atom. The molecule has 190 valence electrons. The highest BCUT2D eigenvalue weighted by Crippen LogP contribution is 2.23. The number of nitrogens with zero attached hydrogens (tertiary/aromatic N) is 5. The van der Waals surface area contributed by atoms with Gasteiger partial charge in [0, 0.05) is 55.7 Å². The molecule has 0 radical (unpaired) electrons. The number of piperazine rings is 1. The van der Waals surface area contributed by atoms with Gasteiger partial charge < -0.3 is 14.7 Å². The van der Waals surface area contributed by atoms with Gasteiger partial charge in [0.1, 0.15) is 11.6 Å². The monoisotopic (exact) mass is 535 g/mol. The van der Waals surface area contributed by atoms with Gasteiger partial charge in [-0.3, -0.25) is 4.79 Å². The Morgan fingerprint density at radius 1 is 0.919 bits per heavy atom. The molecule has 0 bridgehead atoms. The van der Waals surface area contributed by atoms with Crippen LogP contribution in [0.1, 0.15) is 17.0 Å². The second kappa shape index (κ2) is 11.7. The zero-order chi connectivity index (χ0) is 25.6. The number of anilines is 2. The predicted octanol–water partition coefficient (Wildman–Crippen LogP) is 5.28. The smallest absolute Gasteiger partial charge is 0.242 e. The number of para-hydroxylation sites is 1. The molecule has 1 aromatic heterocycles. The topological polar surface area (TPSA) is 52.6 Å². The Morgan fingerprint density at radius 3 is 2.35 bits per heavy atom. The van der Waals surface area contributed by atoms with Gasteiger partial charge in [0.25, 0.3) is 0 Å². The maximum atomic E-state index is 14.2. The van der Waals surface area contributed by atoms with Crippen molar-refractivity contribution in [1.29, 1.82) is 0 Å². The number of aromatic nitrogens is 2. The van der Waals surface area contributed by atoms with E-state index in [4.69, 9.17) is 16.6 Å². The highest BCUT2D eigenvalue weighted by molar-refractivity contribution is 7.09. The molecule has 1 saturated heterocycles. The number of carbonyl (C=O) groups excluding carboxylic acids is 1. The van der Waals surface area contributed by atoms with E-state index in [1.807, 2.05) is 75.4 Å². The van der Waals surface area contributed by atoms with E-state index >= 15 is 0 Å². The lowest BCUT2D eigenvalue weighted by atomic mass is 10.1. The normalized spacial score (nSPS) is 13.6. The fraction of sp³-hybridized carbons (Fsp3) is 0.250. The number of hydrogen-bond donors (Lipinski definition) is 0. The predicted molar refractivity (Wildman–Crippen MR) is 147 cm³/mol. The Bertz CT molecular complexity index is 1330. The fourth-order valence-electron chi connectivity index (χ4n) is 4.39. The number of hydrogen-bond acceptors (Lipinski definition) is 6. The first-order valence-electron chi connectivity index (χ1n) is 12.2. The summed E-state index contributed by atoms with van der Waals surface area (Å²) in [6, 6.07) is 24.5. The van der Waals surface area contributed by atoms with Crippen LogP contribution in [-0.2, 0) is 17.8 Å². The van der Waals surface area contributed by atoms with Crippen LogP contribution < -0.4 is 9.80 Å². The van der Waals surface area contributed by atoms with Crippen molar-refractivity contribution in [3.63, 3.8) is 0 Å². The molecule has 1 amide bonds. The zero-order valence-electron chi connectivity index (χ0n) is 20.3. The fourth-order valence-corrected chi connectivity index (χ4v) is 5.20. The lowest BCUT2D eigenvalue weighted by Gasteiger charge is -2.37. The van der Waals surface area contributed by atoms with E-state index in [1.165, 1.54) is 17.6 Å². The summed E-state index contributed by atoms with van der Waals surface area (Å²) in [7, 11) is 0. The molecule has 1 fully saturated rings. The van der Waals surface area contributed by atoms with E-state index < -0.39 is 0 Å². The molecule has 3 aromatic carbocycles. The van der Waals surface area contributed by atoms with Crippen molar-refractivity contribution in [3.8, 4) is 0 Å². The van der Waals surface area contributed by atoms with Crippen LogP contribution in [0.4, 0.5) is 15.2 Å². The van der Waals surface area contributed by atoms with Crippen LogP contribution in [0.2, 0.25) is 5.02 Å². The molecule has 0 saturated carbocycles. The lowest BCUT2D eigenvalue weighted by molar-refractivity contribution is -0.130. The summed E-state index contributed by atoms with van der Waals surface area (Å²) >= 11 is 7.31. The van der Waals surface area contributed by atoms with Crippen molar-refractivity contribution in [2.75, 3.05) is 42.5 Å². The first kappa shape index (κ1) is 25.2. The first-order chi connectivity index (χ1) is 18.0. The van der Waals surface area contributed by atoms with Crippen LogP contribution in [-0.4, -0.2) is 52.9 Å². The van der Waals surface area contributed by atoms with Crippen molar-refractivity contribution in [2.24, 2.45) is 0 Å². The van der Waals surface area contributed by atoms with Crippen LogP contribution >= 0.6 is 23.1 Å². The van der Waals surface area contributed by atoms with Gasteiger partial charge in [0.2, 0.25) is 11.0 Å². The summed E-state index contributed by atoms with van der Waals surface area (Å²) in [6.45, 7) is 3.03. The van der Waals surface area contributed by atoms with E-state index in [2.05, 4.69) is 4.37 Å². The van der Waals surface area contributed by atoms with Crippen molar-refractivity contribution in [2.45, 2.75) is 13.0 Å². The van der Waals surface area contributed by atoms with Crippen LogP contribution in [0.25, 0.3) is 0 Å². The molecule has 2 heterocycles. The number of amides is 1. The molecule has 4 aromatic rings. The van der Waals surface area contributed by atoms with Gasteiger partial charge >= 0.3 is 0 Å². The van der Waals surface area contributed by atoms with Gasteiger partial charge in [0.15, 0.2) is 0 Å². The molecule has 0 N–H and O–H groups in total. The summed E-state index contributed by atoms with van der Waals surface area (Å²) in [5, 5.41) is 1.41. The van der Waals surface area contributed by atoms with Crippen LogP contribution in [0.5, 0.6) is 0 Å². The molecule has 5 rings (SSSR count). The van der Waals surface area contributed by atoms with Crippen molar-refractivity contribution in [1.82, 2.24) is 14.3 Å². The highest BCUT2D eigenvalue weighted by Gasteiger charge is 2.25. The molecule has 1 aliphatic rings. The second-order valence-electron chi connectivity index (χ2n) is 8.96. The number of rotatable bonds is 8. The van der Waals surface area contributed by atoms with Gasteiger partial charge in [-0.15, -0.1) is 0 Å². The molecule has 0 aliphatic carbocycles. The van der Waals surface area contributed by atoms with Crippen LogP contribution in [0.15, 0.2) is 78.9 Å². The molecule has 6 nitrogen and oxygen atoms in total. The van der Waals surface area contributed by atoms with Crippen molar-refractivity contribution >= 4 is 39.9 Å². The standard InChI is InChI=1S/C28H27ClFN5OS/c29-23-12-10-21(11-13-23)18-26-31-28(37-32-26)35(19-22-6-2-1-3-7-22)20-27(36)34-16-14-33(15-17-34)25-9-5-4-8-24(25)30/h1-13H,14-20H2. The summed E-state index contributed by atoms with van der Waals surface area (Å²) in [5.41, 5.74) is 2.75. The molecule has 37 heavy (non-hydrogen) atoms. The average molecular weight is 536 g/mol. The number of carbonyl (C=O) groups is 1. The van der Waals surface area contributed by atoms with Crippen molar-refractivity contribution in [3.05, 3.63) is 107 Å². The Labute approximate surface area is 225 Å². The summed E-state index contributed by atoms with van der Waals surface area (Å²) in [4.78, 5) is 23.9. The highest BCUT2D eigenvalue weighted by atomic mass is 35.5. The third-order valence-electron chi connectivity index (χ3n) is 6.37. The van der Waals surface area contributed by atoms with E-state index in [9.17, 15) is 9.18 Å². The molecule has 0 atom stereocenters. The summed E-state index contributed by atoms with van der Waals surface area (Å²) in [6.07, 6.45) is 0.596. The molecule has 9 heteroatoms. The number of halogens is 2. The second-order valence-corrected chi connectivity index (χ2v) is 10.1.